The molecule has 2 aromatic heterocycles. The number of carbonyl (C=O) groups is 1. The van der Waals surface area contributed by atoms with Crippen molar-refractivity contribution in [2.75, 3.05) is 0 Å². The first-order chi connectivity index (χ1) is 16.4. The molecule has 0 spiro atoms. The fourth-order valence-electron chi connectivity index (χ4n) is 3.76. The van der Waals surface area contributed by atoms with Gasteiger partial charge in [-0.15, -0.1) is 0 Å². The SMILES string of the molecule is Cc1cc(Cl)cnc1-c1cc(-c2ccc(F)c([C@]3(C)C[C@@H](C(F)(F)F)N=C(NC(=O)O)O3)c2)on1. The number of amides is 1. The fourth-order valence-corrected chi connectivity index (χ4v) is 3.97. The number of aliphatic imine (C=N–C) groups is 1. The van der Waals surface area contributed by atoms with E-state index in [0.717, 1.165) is 11.6 Å². The molecule has 0 saturated carbocycles. The minimum Gasteiger partial charge on any atom is -0.465 e. The minimum absolute atomic E-state index is 0.196. The Hall–Kier alpha value is -3.67. The molecule has 0 fully saturated rings. The van der Waals surface area contributed by atoms with Crippen molar-refractivity contribution < 1.29 is 36.7 Å². The molecule has 2 N–H and O–H groups in total. The summed E-state index contributed by atoms with van der Waals surface area (Å²) in [4.78, 5) is 18.5. The van der Waals surface area contributed by atoms with Gasteiger partial charge in [0, 0.05) is 29.8 Å². The van der Waals surface area contributed by atoms with Crippen molar-refractivity contribution in [3.05, 3.63) is 58.5 Å². The standard InChI is InChI=1S/C22H17ClF4N4O4/c1-10-5-12(23)9-28-18(10)15-7-16(35-31-15)11-3-4-14(24)13(6-11)21(2)8-17(22(25,26)27)29-19(34-21)30-20(32)33/h3-7,9,17H,8H2,1-2H3,(H,29,30)(H,32,33)/t17-,21-/m0/s1. The number of amidine groups is 1. The summed E-state index contributed by atoms with van der Waals surface area (Å²) in [5.41, 5.74) is -0.244. The second kappa shape index (κ2) is 8.84. The number of rotatable bonds is 3. The second-order valence-corrected chi connectivity index (χ2v) is 8.49. The maximum absolute atomic E-state index is 14.9. The van der Waals surface area contributed by atoms with Crippen molar-refractivity contribution in [1.82, 2.24) is 15.5 Å². The number of hydrogen-bond acceptors (Lipinski definition) is 6. The van der Waals surface area contributed by atoms with Crippen LogP contribution in [0.1, 0.15) is 24.5 Å². The summed E-state index contributed by atoms with van der Waals surface area (Å²) in [6.07, 6.45) is -5.83. The summed E-state index contributed by atoms with van der Waals surface area (Å²) >= 11 is 5.93. The summed E-state index contributed by atoms with van der Waals surface area (Å²) < 4.78 is 66.2. The van der Waals surface area contributed by atoms with E-state index in [1.165, 1.54) is 25.3 Å². The molecule has 0 saturated heterocycles. The number of aromatic nitrogens is 2. The highest BCUT2D eigenvalue weighted by Gasteiger charge is 2.50. The molecule has 1 aliphatic rings. The van der Waals surface area contributed by atoms with Gasteiger partial charge in [-0.2, -0.15) is 13.2 Å². The number of carboxylic acid groups (broad SMARTS) is 1. The first kappa shape index (κ1) is 24.5. The van der Waals surface area contributed by atoms with Gasteiger partial charge in [0.15, 0.2) is 11.8 Å². The van der Waals surface area contributed by atoms with Crippen LogP contribution in [0.3, 0.4) is 0 Å². The zero-order chi connectivity index (χ0) is 25.5. The Morgan fingerprint density at radius 1 is 1.29 bits per heavy atom. The van der Waals surface area contributed by atoms with Gasteiger partial charge in [0.05, 0.1) is 10.7 Å². The van der Waals surface area contributed by atoms with E-state index >= 15 is 0 Å². The minimum atomic E-state index is -4.81. The van der Waals surface area contributed by atoms with Crippen molar-refractivity contribution >= 4 is 23.7 Å². The number of ether oxygens (including phenoxy) is 1. The Bertz CT molecular complexity index is 1330. The number of aryl methyl sites for hydroxylation is 1. The van der Waals surface area contributed by atoms with Crippen LogP contribution in [-0.4, -0.2) is 39.6 Å². The number of alkyl halides is 3. The summed E-state index contributed by atoms with van der Waals surface area (Å²) in [5, 5.41) is 15.0. The van der Waals surface area contributed by atoms with Gasteiger partial charge in [-0.1, -0.05) is 16.8 Å². The van der Waals surface area contributed by atoms with E-state index < -0.39 is 42.2 Å². The van der Waals surface area contributed by atoms with Crippen molar-refractivity contribution in [3.63, 3.8) is 0 Å². The largest absolute Gasteiger partial charge is 0.465 e. The van der Waals surface area contributed by atoms with Crippen LogP contribution in [0.4, 0.5) is 22.4 Å². The smallest absolute Gasteiger partial charge is 0.412 e. The summed E-state index contributed by atoms with van der Waals surface area (Å²) in [7, 11) is 0. The molecule has 35 heavy (non-hydrogen) atoms. The third kappa shape index (κ3) is 5.06. The van der Waals surface area contributed by atoms with Crippen LogP contribution in [0.2, 0.25) is 5.02 Å². The van der Waals surface area contributed by atoms with Crippen LogP contribution >= 0.6 is 11.6 Å². The summed E-state index contributed by atoms with van der Waals surface area (Å²) in [6.45, 7) is 3.00. The van der Waals surface area contributed by atoms with Gasteiger partial charge in [0.2, 0.25) is 0 Å². The molecule has 1 aliphatic heterocycles. The molecule has 3 heterocycles. The molecule has 0 radical (unpaired) electrons. The molecule has 13 heteroatoms. The van der Waals surface area contributed by atoms with Gasteiger partial charge >= 0.3 is 12.3 Å². The predicted molar refractivity (Wildman–Crippen MR) is 116 cm³/mol. The van der Waals surface area contributed by atoms with Crippen molar-refractivity contribution in [3.8, 4) is 22.7 Å². The number of halogens is 5. The van der Waals surface area contributed by atoms with E-state index in [4.69, 9.17) is 26.0 Å². The second-order valence-electron chi connectivity index (χ2n) is 8.05. The predicted octanol–water partition coefficient (Wildman–Crippen LogP) is 5.69. The van der Waals surface area contributed by atoms with E-state index in [1.807, 2.05) is 0 Å². The maximum Gasteiger partial charge on any atom is 0.412 e. The molecule has 1 aromatic carbocycles. The Morgan fingerprint density at radius 2 is 2.03 bits per heavy atom. The Labute approximate surface area is 200 Å². The third-order valence-corrected chi connectivity index (χ3v) is 5.59. The first-order valence-corrected chi connectivity index (χ1v) is 10.5. The molecule has 4 rings (SSSR count). The fraction of sp³-hybridized carbons (Fsp3) is 0.273. The van der Waals surface area contributed by atoms with E-state index in [9.17, 15) is 22.4 Å². The average Bonchev–Trinajstić information content (AvgIpc) is 3.22. The molecular weight excluding hydrogens is 496 g/mol. The lowest BCUT2D eigenvalue weighted by molar-refractivity contribution is -0.164. The van der Waals surface area contributed by atoms with Crippen molar-refractivity contribution in [2.24, 2.45) is 4.99 Å². The Balaban J connectivity index is 1.72. The van der Waals surface area contributed by atoms with Gasteiger partial charge in [-0.05, 0) is 43.7 Å². The van der Waals surface area contributed by atoms with Crippen LogP contribution in [0.15, 0.2) is 46.0 Å². The zero-order valence-corrected chi connectivity index (χ0v) is 18.9. The van der Waals surface area contributed by atoms with Gasteiger partial charge in [0.25, 0.3) is 6.02 Å². The molecule has 0 aliphatic carbocycles. The van der Waals surface area contributed by atoms with Gasteiger partial charge in [-0.25, -0.2) is 19.5 Å². The van der Waals surface area contributed by atoms with Crippen LogP contribution in [0, 0.1) is 12.7 Å². The number of hydrogen-bond donors (Lipinski definition) is 2. The number of nitrogens with zero attached hydrogens (tertiary/aromatic N) is 3. The molecule has 1 amide bonds. The van der Waals surface area contributed by atoms with E-state index in [1.54, 1.807) is 24.4 Å². The van der Waals surface area contributed by atoms with Crippen LogP contribution in [-0.2, 0) is 10.3 Å². The lowest BCUT2D eigenvalue weighted by atomic mass is 9.86. The molecule has 0 bridgehead atoms. The highest BCUT2D eigenvalue weighted by molar-refractivity contribution is 6.30. The molecule has 3 aromatic rings. The lowest BCUT2D eigenvalue weighted by Crippen LogP contribution is -2.48. The topological polar surface area (TPSA) is 110 Å². The van der Waals surface area contributed by atoms with Gasteiger partial charge < -0.3 is 14.4 Å². The first-order valence-electron chi connectivity index (χ1n) is 10.1. The zero-order valence-electron chi connectivity index (χ0n) is 18.2. The Morgan fingerprint density at radius 3 is 2.69 bits per heavy atom. The van der Waals surface area contributed by atoms with E-state index in [0.29, 0.717) is 22.0 Å². The molecule has 0 unspecified atom stereocenters. The molecular formula is C22H17ClF4N4O4. The highest BCUT2D eigenvalue weighted by Crippen LogP contribution is 2.42. The maximum atomic E-state index is 14.9. The number of nitrogens with one attached hydrogen (secondary N) is 1. The number of pyridine rings is 1. The summed E-state index contributed by atoms with van der Waals surface area (Å²) in [6, 6.07) is 3.71. The lowest BCUT2D eigenvalue weighted by Gasteiger charge is -2.38. The van der Waals surface area contributed by atoms with Crippen molar-refractivity contribution in [1.29, 1.82) is 0 Å². The number of benzene rings is 1. The van der Waals surface area contributed by atoms with E-state index in [2.05, 4.69) is 15.1 Å². The van der Waals surface area contributed by atoms with E-state index in [-0.39, 0.29) is 11.3 Å². The van der Waals surface area contributed by atoms with Gasteiger partial charge in [-0.3, -0.25) is 4.98 Å². The Kier molecular flexibility index (Phi) is 6.18. The van der Waals surface area contributed by atoms with Crippen LogP contribution < -0.4 is 5.32 Å². The third-order valence-electron chi connectivity index (χ3n) is 5.39. The molecule has 2 atom stereocenters. The quantitative estimate of drug-likeness (QED) is 0.436. The normalized spacial score (nSPS) is 20.2. The summed E-state index contributed by atoms with van der Waals surface area (Å²) in [5.74, 6) is -0.662. The highest BCUT2D eigenvalue weighted by atomic mass is 35.5. The van der Waals surface area contributed by atoms with Gasteiger partial charge in [0.1, 0.15) is 17.1 Å². The van der Waals surface area contributed by atoms with Crippen molar-refractivity contribution in [2.45, 2.75) is 38.1 Å². The van der Waals surface area contributed by atoms with Crippen LogP contribution in [0.25, 0.3) is 22.7 Å². The molecule has 184 valence electrons. The monoisotopic (exact) mass is 512 g/mol. The molecule has 8 nitrogen and oxygen atoms in total. The average molecular weight is 513 g/mol. The van der Waals surface area contributed by atoms with Crippen LogP contribution in [0.5, 0.6) is 0 Å².